The number of nitrogens with one attached hydrogen (secondary N) is 1. The monoisotopic (exact) mass is 419 g/mol. The maximum Gasteiger partial charge on any atom is 0.265 e. The number of hydrogen-bond donors (Lipinski definition) is 1. The van der Waals surface area contributed by atoms with E-state index in [1.54, 1.807) is 31.6 Å². The van der Waals surface area contributed by atoms with Crippen molar-refractivity contribution >= 4 is 38.2 Å². The highest BCUT2D eigenvalue weighted by molar-refractivity contribution is 7.92. The first-order valence-corrected chi connectivity index (χ1v) is 9.79. The third-order valence-electron chi connectivity index (χ3n) is 3.98. The molecule has 0 radical (unpaired) electrons. The molecule has 0 atom stereocenters. The highest BCUT2D eigenvalue weighted by atomic mass is 35.5. The van der Waals surface area contributed by atoms with Crippen LogP contribution in [0, 0.1) is 0 Å². The fraction of sp³-hybridized carbons (Fsp3) is 0.125. The summed E-state index contributed by atoms with van der Waals surface area (Å²) in [4.78, 5) is 8.19. The van der Waals surface area contributed by atoms with Crippen LogP contribution in [-0.4, -0.2) is 45.1 Å². The van der Waals surface area contributed by atoms with E-state index in [0.717, 1.165) is 0 Å². The van der Waals surface area contributed by atoms with Crippen LogP contribution >= 0.6 is 11.6 Å². The Bertz CT molecular complexity index is 1280. The Morgan fingerprint density at radius 3 is 2.75 bits per heavy atom. The van der Waals surface area contributed by atoms with Gasteiger partial charge in [0.25, 0.3) is 10.0 Å². The van der Waals surface area contributed by atoms with Crippen molar-refractivity contribution < 1.29 is 13.2 Å². The maximum absolute atomic E-state index is 12.9. The van der Waals surface area contributed by atoms with Gasteiger partial charge >= 0.3 is 0 Å². The number of anilines is 1. The zero-order valence-corrected chi connectivity index (χ0v) is 16.3. The summed E-state index contributed by atoms with van der Waals surface area (Å²) >= 11 is 5.95. The van der Waals surface area contributed by atoms with E-state index in [4.69, 9.17) is 16.3 Å². The molecule has 0 saturated heterocycles. The summed E-state index contributed by atoms with van der Waals surface area (Å²) in [5.41, 5.74) is 0.730. The van der Waals surface area contributed by atoms with Crippen molar-refractivity contribution in [1.29, 1.82) is 0 Å². The lowest BCUT2D eigenvalue weighted by Gasteiger charge is -2.12. The Kier molecular flexibility index (Phi) is 4.40. The fourth-order valence-corrected chi connectivity index (χ4v) is 3.83. The van der Waals surface area contributed by atoms with Gasteiger partial charge < -0.3 is 4.74 Å². The Morgan fingerprint density at radius 1 is 1.18 bits per heavy atom. The summed E-state index contributed by atoms with van der Waals surface area (Å²) in [5, 5.41) is 9.32. The van der Waals surface area contributed by atoms with Crippen molar-refractivity contribution in [2.45, 2.75) is 4.90 Å². The number of pyridine rings is 2. The van der Waals surface area contributed by atoms with E-state index >= 15 is 0 Å². The maximum atomic E-state index is 12.9. The Labute approximate surface area is 164 Å². The molecular weight excluding hydrogens is 406 g/mol. The first kappa shape index (κ1) is 18.2. The van der Waals surface area contributed by atoms with Crippen LogP contribution in [0.15, 0.2) is 48.0 Å². The van der Waals surface area contributed by atoms with Crippen LogP contribution < -0.4 is 9.46 Å². The predicted molar refractivity (Wildman–Crippen MR) is 102 cm³/mol. The van der Waals surface area contributed by atoms with Crippen molar-refractivity contribution in [1.82, 2.24) is 29.5 Å². The summed E-state index contributed by atoms with van der Waals surface area (Å²) in [5.74, 6) is 0.519. The molecule has 0 aromatic carbocycles. The molecule has 0 amide bonds. The van der Waals surface area contributed by atoms with Crippen molar-refractivity contribution in [3.63, 3.8) is 0 Å². The molecule has 0 aliphatic rings. The summed E-state index contributed by atoms with van der Waals surface area (Å²) in [6, 6.07) is 3.18. The van der Waals surface area contributed by atoms with E-state index in [1.807, 2.05) is 0 Å². The molecule has 0 fully saturated rings. The van der Waals surface area contributed by atoms with E-state index in [2.05, 4.69) is 24.9 Å². The average molecular weight is 420 g/mol. The third-order valence-corrected chi connectivity index (χ3v) is 5.52. The van der Waals surface area contributed by atoms with Crippen LogP contribution in [0.3, 0.4) is 0 Å². The molecule has 4 aromatic heterocycles. The van der Waals surface area contributed by atoms with E-state index in [-0.39, 0.29) is 16.5 Å². The van der Waals surface area contributed by atoms with Gasteiger partial charge in [-0.2, -0.15) is 10.2 Å². The van der Waals surface area contributed by atoms with Gasteiger partial charge in [0, 0.05) is 35.9 Å². The number of rotatable bonds is 5. The zero-order chi connectivity index (χ0) is 19.9. The molecule has 144 valence electrons. The normalized spacial score (nSPS) is 11.7. The second-order valence-electron chi connectivity index (χ2n) is 5.77. The number of methoxy groups -OCH3 is 1. The minimum Gasteiger partial charge on any atom is -0.479 e. The number of nitrogens with zero attached hydrogens (tertiary/aromatic N) is 6. The lowest BCUT2D eigenvalue weighted by Crippen LogP contribution is -2.14. The smallest absolute Gasteiger partial charge is 0.265 e. The number of aryl methyl sites for hydroxylation is 1. The van der Waals surface area contributed by atoms with E-state index < -0.39 is 10.0 Å². The molecule has 0 bridgehead atoms. The summed E-state index contributed by atoms with van der Waals surface area (Å²) in [6.45, 7) is 0. The Morgan fingerprint density at radius 2 is 2.00 bits per heavy atom. The largest absolute Gasteiger partial charge is 0.479 e. The van der Waals surface area contributed by atoms with Crippen LogP contribution in [0.5, 0.6) is 5.88 Å². The Balaban J connectivity index is 1.75. The van der Waals surface area contributed by atoms with Crippen molar-refractivity contribution in [3.05, 3.63) is 48.1 Å². The lowest BCUT2D eigenvalue weighted by molar-refractivity contribution is 0.400. The van der Waals surface area contributed by atoms with Crippen molar-refractivity contribution in [2.75, 3.05) is 11.8 Å². The average Bonchev–Trinajstić information content (AvgIpc) is 3.30. The number of ether oxygens (including phenoxy) is 1. The van der Waals surface area contributed by atoms with Gasteiger partial charge in [-0.3, -0.25) is 9.40 Å². The van der Waals surface area contributed by atoms with E-state index in [1.165, 1.54) is 35.1 Å². The highest BCUT2D eigenvalue weighted by Crippen LogP contribution is 2.32. The quantitative estimate of drug-likeness (QED) is 0.525. The molecule has 0 spiro atoms. The van der Waals surface area contributed by atoms with Gasteiger partial charge in [0.2, 0.25) is 5.88 Å². The van der Waals surface area contributed by atoms with Gasteiger partial charge in [0.15, 0.2) is 5.82 Å². The molecule has 0 unspecified atom stereocenters. The minimum absolute atomic E-state index is 0.0597. The fourth-order valence-electron chi connectivity index (χ4n) is 2.68. The molecule has 0 aliphatic carbocycles. The first-order chi connectivity index (χ1) is 13.4. The summed E-state index contributed by atoms with van der Waals surface area (Å²) < 4.78 is 36.5. The summed E-state index contributed by atoms with van der Waals surface area (Å²) in [7, 11) is -0.880. The first-order valence-electron chi connectivity index (χ1n) is 7.93. The van der Waals surface area contributed by atoms with Crippen LogP contribution in [-0.2, 0) is 17.1 Å². The second-order valence-corrected chi connectivity index (χ2v) is 7.89. The molecule has 10 nitrogen and oxygen atoms in total. The second kappa shape index (κ2) is 6.77. The van der Waals surface area contributed by atoms with Gasteiger partial charge in [0.05, 0.1) is 31.2 Å². The molecule has 0 aliphatic heterocycles. The Hall–Kier alpha value is -3.18. The zero-order valence-electron chi connectivity index (χ0n) is 14.7. The number of sulfonamides is 1. The molecule has 28 heavy (non-hydrogen) atoms. The van der Waals surface area contributed by atoms with Crippen LogP contribution in [0.1, 0.15) is 0 Å². The van der Waals surface area contributed by atoms with Gasteiger partial charge in [-0.1, -0.05) is 11.6 Å². The minimum atomic E-state index is -3.98. The number of halogens is 1. The van der Waals surface area contributed by atoms with E-state index in [9.17, 15) is 8.42 Å². The number of hydrogen-bond acceptors (Lipinski definition) is 7. The third kappa shape index (κ3) is 3.14. The predicted octanol–water partition coefficient (Wildman–Crippen LogP) is 2.01. The molecule has 1 N–H and O–H groups in total. The molecule has 4 rings (SSSR count). The van der Waals surface area contributed by atoms with Gasteiger partial charge in [0.1, 0.15) is 10.6 Å². The van der Waals surface area contributed by atoms with Crippen molar-refractivity contribution in [2.24, 2.45) is 7.05 Å². The number of aromatic nitrogens is 6. The highest BCUT2D eigenvalue weighted by Gasteiger charge is 2.23. The van der Waals surface area contributed by atoms with Gasteiger partial charge in [-0.05, 0) is 6.07 Å². The van der Waals surface area contributed by atoms with Crippen LogP contribution in [0.25, 0.3) is 16.7 Å². The van der Waals surface area contributed by atoms with Gasteiger partial charge in [-0.25, -0.2) is 23.1 Å². The lowest BCUT2D eigenvalue weighted by atomic mass is 10.3. The van der Waals surface area contributed by atoms with E-state index in [0.29, 0.717) is 21.7 Å². The molecule has 4 heterocycles. The topological polar surface area (TPSA) is 117 Å². The van der Waals surface area contributed by atoms with Crippen LogP contribution in [0.4, 0.5) is 5.69 Å². The summed E-state index contributed by atoms with van der Waals surface area (Å²) in [6.07, 6.45) is 7.20. The van der Waals surface area contributed by atoms with Crippen LogP contribution in [0.2, 0.25) is 5.02 Å². The number of fused-ring (bicyclic) bond motifs is 1. The molecule has 4 aromatic rings. The van der Waals surface area contributed by atoms with Gasteiger partial charge in [-0.15, -0.1) is 0 Å². The standard InChI is InChI=1S/C16H14ClN7O3S/c1-23-15-10(7-20-23)6-19-16(27-2)14(15)22-28(25,26)12-8-21-24(9-12)13-5-11(17)3-4-18-13/h3-9,22H,1-2H3. The molecular formula is C16H14ClN7O3S. The van der Waals surface area contributed by atoms with Crippen molar-refractivity contribution in [3.8, 4) is 11.7 Å². The molecule has 0 saturated carbocycles. The SMILES string of the molecule is COc1ncc2cnn(C)c2c1NS(=O)(=O)c1cnn(-c2cc(Cl)ccn2)c1. The molecule has 12 heteroatoms.